The van der Waals surface area contributed by atoms with Crippen LogP contribution in [0.1, 0.15) is 0 Å². The molecule has 0 bridgehead atoms. The first-order chi connectivity index (χ1) is 7.68. The van der Waals surface area contributed by atoms with E-state index in [2.05, 4.69) is 4.98 Å². The maximum absolute atomic E-state index is 10.6. The number of nitro benzene ring substituents is 1. The number of rotatable bonds is 2. The maximum atomic E-state index is 10.6. The van der Waals surface area contributed by atoms with Crippen LogP contribution < -0.4 is 0 Å². The number of aromatic hydroxyl groups is 1. The van der Waals surface area contributed by atoms with Crippen LogP contribution in [0.2, 0.25) is 0 Å². The number of nitro groups is 1. The number of benzene rings is 1. The van der Waals surface area contributed by atoms with Gasteiger partial charge in [0, 0.05) is 23.9 Å². The highest BCUT2D eigenvalue weighted by Gasteiger charge is 2.12. The van der Waals surface area contributed by atoms with Crippen molar-refractivity contribution < 1.29 is 10.0 Å². The van der Waals surface area contributed by atoms with Crippen LogP contribution in [0.15, 0.2) is 42.6 Å². The average molecular weight is 216 g/mol. The number of non-ortho nitro benzene ring substituents is 1. The first-order valence-corrected chi connectivity index (χ1v) is 4.57. The lowest BCUT2D eigenvalue weighted by Crippen LogP contribution is -1.89. The number of hydrogen-bond donors (Lipinski definition) is 1. The number of phenolic OH excluding ortho intramolecular Hbond substituents is 1. The molecule has 1 N–H and O–H groups in total. The number of nitrogens with zero attached hydrogens (tertiary/aromatic N) is 2. The molecule has 0 saturated carbocycles. The lowest BCUT2D eigenvalue weighted by atomic mass is 10.1. The molecular formula is C11H8N2O3. The molecule has 0 aliphatic carbocycles. The van der Waals surface area contributed by atoms with Crippen molar-refractivity contribution in [3.05, 3.63) is 52.7 Å². The van der Waals surface area contributed by atoms with E-state index in [0.717, 1.165) is 0 Å². The third-order valence-electron chi connectivity index (χ3n) is 2.13. The van der Waals surface area contributed by atoms with Crippen LogP contribution in [0, 0.1) is 10.1 Å². The van der Waals surface area contributed by atoms with E-state index < -0.39 is 4.92 Å². The Bertz CT molecular complexity index is 526. The smallest absolute Gasteiger partial charge is 0.270 e. The molecule has 80 valence electrons. The van der Waals surface area contributed by atoms with E-state index >= 15 is 0 Å². The standard InChI is InChI=1S/C11H8N2O3/c14-11-5-4-8(13(15)16)7-9(11)10-3-1-2-6-12-10/h1-7,14H. The second-order valence-corrected chi connectivity index (χ2v) is 3.17. The Morgan fingerprint density at radius 1 is 1.25 bits per heavy atom. The second-order valence-electron chi connectivity index (χ2n) is 3.17. The molecule has 0 radical (unpaired) electrons. The number of aromatic nitrogens is 1. The third kappa shape index (κ3) is 1.83. The summed E-state index contributed by atoms with van der Waals surface area (Å²) >= 11 is 0. The van der Waals surface area contributed by atoms with Crippen LogP contribution in [-0.2, 0) is 0 Å². The van der Waals surface area contributed by atoms with Gasteiger partial charge in [-0.3, -0.25) is 15.1 Å². The molecule has 0 unspecified atom stereocenters. The van der Waals surface area contributed by atoms with Crippen LogP contribution in [0.3, 0.4) is 0 Å². The van der Waals surface area contributed by atoms with Gasteiger partial charge in [0.05, 0.1) is 10.6 Å². The summed E-state index contributed by atoms with van der Waals surface area (Å²) in [5.41, 5.74) is 0.789. The molecule has 0 fully saturated rings. The fraction of sp³-hybridized carbons (Fsp3) is 0. The van der Waals surface area contributed by atoms with E-state index in [1.807, 2.05) is 0 Å². The van der Waals surface area contributed by atoms with Gasteiger partial charge >= 0.3 is 0 Å². The molecule has 1 heterocycles. The lowest BCUT2D eigenvalue weighted by Gasteiger charge is -2.02. The highest BCUT2D eigenvalue weighted by molar-refractivity contribution is 5.69. The summed E-state index contributed by atoms with van der Waals surface area (Å²) in [4.78, 5) is 14.1. The van der Waals surface area contributed by atoms with Gasteiger partial charge in [-0.25, -0.2) is 0 Å². The molecule has 16 heavy (non-hydrogen) atoms. The Kier molecular flexibility index (Phi) is 2.51. The van der Waals surface area contributed by atoms with Crippen molar-refractivity contribution in [2.24, 2.45) is 0 Å². The Morgan fingerprint density at radius 3 is 2.69 bits per heavy atom. The normalized spacial score (nSPS) is 10.0. The van der Waals surface area contributed by atoms with E-state index in [-0.39, 0.29) is 11.4 Å². The van der Waals surface area contributed by atoms with E-state index in [4.69, 9.17) is 0 Å². The summed E-state index contributed by atoms with van der Waals surface area (Å²) in [5, 5.41) is 20.2. The van der Waals surface area contributed by atoms with Gasteiger partial charge in [0.25, 0.3) is 5.69 Å². The zero-order valence-electron chi connectivity index (χ0n) is 8.20. The van der Waals surface area contributed by atoms with Crippen LogP contribution in [-0.4, -0.2) is 15.0 Å². The van der Waals surface area contributed by atoms with Gasteiger partial charge in [-0.15, -0.1) is 0 Å². The minimum absolute atomic E-state index is 0.0238. The zero-order valence-corrected chi connectivity index (χ0v) is 8.20. The van der Waals surface area contributed by atoms with Crippen LogP contribution in [0.25, 0.3) is 11.3 Å². The van der Waals surface area contributed by atoms with Gasteiger partial charge < -0.3 is 5.11 Å². The first-order valence-electron chi connectivity index (χ1n) is 4.57. The quantitative estimate of drug-likeness (QED) is 0.617. The van der Waals surface area contributed by atoms with E-state index in [9.17, 15) is 15.2 Å². The molecular weight excluding hydrogens is 208 g/mol. The SMILES string of the molecule is O=[N+]([O-])c1ccc(O)c(-c2ccccn2)c1. The molecule has 0 amide bonds. The first kappa shape index (κ1) is 10.1. The van der Waals surface area contributed by atoms with Crippen molar-refractivity contribution in [1.29, 1.82) is 0 Å². The maximum Gasteiger partial charge on any atom is 0.270 e. The second kappa shape index (κ2) is 3.98. The van der Waals surface area contributed by atoms with Crippen molar-refractivity contribution in [2.45, 2.75) is 0 Å². The molecule has 0 atom stereocenters. The fourth-order valence-corrected chi connectivity index (χ4v) is 1.36. The minimum atomic E-state index is -0.508. The van der Waals surface area contributed by atoms with Gasteiger partial charge in [-0.05, 0) is 18.2 Å². The average Bonchev–Trinajstić information content (AvgIpc) is 2.30. The molecule has 1 aromatic heterocycles. The summed E-state index contributed by atoms with van der Waals surface area (Å²) in [6.07, 6.45) is 1.56. The van der Waals surface area contributed by atoms with E-state index in [0.29, 0.717) is 11.3 Å². The summed E-state index contributed by atoms with van der Waals surface area (Å²) in [5.74, 6) is -0.0238. The monoisotopic (exact) mass is 216 g/mol. The van der Waals surface area contributed by atoms with Gasteiger partial charge in [0.15, 0.2) is 0 Å². The van der Waals surface area contributed by atoms with Crippen molar-refractivity contribution in [3.8, 4) is 17.0 Å². The number of hydrogen-bond acceptors (Lipinski definition) is 4. The molecule has 2 aromatic rings. The van der Waals surface area contributed by atoms with Crippen molar-refractivity contribution in [1.82, 2.24) is 4.98 Å². The van der Waals surface area contributed by atoms with Crippen molar-refractivity contribution >= 4 is 5.69 Å². The molecule has 0 saturated heterocycles. The van der Waals surface area contributed by atoms with Gasteiger partial charge in [0.1, 0.15) is 5.75 Å². The lowest BCUT2D eigenvalue weighted by molar-refractivity contribution is -0.384. The Hall–Kier alpha value is -2.43. The zero-order chi connectivity index (χ0) is 11.5. The van der Waals surface area contributed by atoms with Crippen LogP contribution in [0.5, 0.6) is 5.75 Å². The van der Waals surface area contributed by atoms with Crippen LogP contribution in [0.4, 0.5) is 5.69 Å². The topological polar surface area (TPSA) is 76.3 Å². The molecule has 0 spiro atoms. The van der Waals surface area contributed by atoms with Gasteiger partial charge in [0.2, 0.25) is 0 Å². The molecule has 1 aromatic carbocycles. The van der Waals surface area contributed by atoms with E-state index in [1.54, 1.807) is 24.4 Å². The van der Waals surface area contributed by atoms with Crippen molar-refractivity contribution in [2.75, 3.05) is 0 Å². The fourth-order valence-electron chi connectivity index (χ4n) is 1.36. The summed E-state index contributed by atoms with van der Waals surface area (Å²) in [7, 11) is 0. The Balaban J connectivity index is 2.56. The highest BCUT2D eigenvalue weighted by Crippen LogP contribution is 2.30. The predicted octanol–water partition coefficient (Wildman–Crippen LogP) is 2.36. The van der Waals surface area contributed by atoms with Crippen LogP contribution >= 0.6 is 0 Å². The molecule has 2 rings (SSSR count). The summed E-state index contributed by atoms with van der Waals surface area (Å²) in [6.45, 7) is 0. The van der Waals surface area contributed by atoms with E-state index in [1.165, 1.54) is 18.2 Å². The number of phenols is 1. The molecule has 5 heteroatoms. The summed E-state index contributed by atoms with van der Waals surface area (Å²) in [6, 6.07) is 9.01. The Labute approximate surface area is 91.2 Å². The predicted molar refractivity (Wildman–Crippen MR) is 58.0 cm³/mol. The molecule has 0 aliphatic heterocycles. The summed E-state index contributed by atoms with van der Waals surface area (Å²) < 4.78 is 0. The van der Waals surface area contributed by atoms with Gasteiger partial charge in [-0.2, -0.15) is 0 Å². The third-order valence-corrected chi connectivity index (χ3v) is 2.13. The highest BCUT2D eigenvalue weighted by atomic mass is 16.6. The molecule has 5 nitrogen and oxygen atoms in total. The molecule has 0 aliphatic rings. The van der Waals surface area contributed by atoms with Crippen molar-refractivity contribution in [3.63, 3.8) is 0 Å². The largest absolute Gasteiger partial charge is 0.507 e. The minimum Gasteiger partial charge on any atom is -0.507 e. The number of pyridine rings is 1. The Morgan fingerprint density at radius 2 is 2.06 bits per heavy atom. The van der Waals surface area contributed by atoms with Gasteiger partial charge in [-0.1, -0.05) is 6.07 Å².